The maximum Gasteiger partial charge on any atom is 0.409 e. The van der Waals surface area contributed by atoms with Gasteiger partial charge in [0.25, 0.3) is 0 Å². The standard InChI is InChI=1S/C8H15NO4S/c1-3-13-8(10)9-5-7(6-9)14(11,12)4-2/h7H,3-6H2,1-2H3. The predicted octanol–water partition coefficient (Wildman–Crippen LogP) is 0.262. The van der Waals surface area contributed by atoms with E-state index in [9.17, 15) is 13.2 Å². The molecule has 1 rings (SSSR count). The van der Waals surface area contributed by atoms with Crippen molar-refractivity contribution in [2.75, 3.05) is 25.4 Å². The minimum Gasteiger partial charge on any atom is -0.450 e. The summed E-state index contributed by atoms with van der Waals surface area (Å²) < 4.78 is 27.4. The average molecular weight is 221 g/mol. The van der Waals surface area contributed by atoms with Crippen LogP contribution in [0.2, 0.25) is 0 Å². The molecule has 0 bridgehead atoms. The van der Waals surface area contributed by atoms with Crippen molar-refractivity contribution in [1.29, 1.82) is 0 Å². The zero-order valence-corrected chi connectivity index (χ0v) is 9.21. The van der Waals surface area contributed by atoms with Crippen molar-refractivity contribution < 1.29 is 17.9 Å². The molecule has 0 aliphatic carbocycles. The lowest BCUT2D eigenvalue weighted by Crippen LogP contribution is -2.57. The highest BCUT2D eigenvalue weighted by Gasteiger charge is 2.39. The van der Waals surface area contributed by atoms with Gasteiger partial charge in [-0.05, 0) is 6.92 Å². The lowest BCUT2D eigenvalue weighted by molar-refractivity contribution is 0.0863. The molecule has 82 valence electrons. The third-order valence-electron chi connectivity index (χ3n) is 2.28. The van der Waals surface area contributed by atoms with Crippen LogP contribution in [0.15, 0.2) is 0 Å². The number of nitrogens with zero attached hydrogens (tertiary/aromatic N) is 1. The van der Waals surface area contributed by atoms with Gasteiger partial charge in [0.15, 0.2) is 9.84 Å². The zero-order chi connectivity index (χ0) is 10.8. The van der Waals surface area contributed by atoms with E-state index >= 15 is 0 Å². The van der Waals surface area contributed by atoms with E-state index in [-0.39, 0.29) is 18.8 Å². The third kappa shape index (κ3) is 2.17. The molecule has 0 spiro atoms. The van der Waals surface area contributed by atoms with E-state index in [4.69, 9.17) is 4.74 Å². The summed E-state index contributed by atoms with van der Waals surface area (Å²) in [5.41, 5.74) is 0. The summed E-state index contributed by atoms with van der Waals surface area (Å²) in [6, 6.07) is 0. The molecule has 1 aliphatic heterocycles. The van der Waals surface area contributed by atoms with E-state index in [1.165, 1.54) is 4.90 Å². The summed E-state index contributed by atoms with van der Waals surface area (Å²) in [5.74, 6) is 0.133. The summed E-state index contributed by atoms with van der Waals surface area (Å²) in [6.07, 6.45) is -0.421. The van der Waals surface area contributed by atoms with Crippen molar-refractivity contribution in [3.63, 3.8) is 0 Å². The van der Waals surface area contributed by atoms with Crippen molar-refractivity contribution in [1.82, 2.24) is 4.90 Å². The number of likely N-dealkylation sites (tertiary alicyclic amines) is 1. The Hall–Kier alpha value is -0.780. The minimum atomic E-state index is -2.99. The van der Waals surface area contributed by atoms with E-state index in [0.29, 0.717) is 6.61 Å². The number of hydrogen-bond acceptors (Lipinski definition) is 4. The first-order chi connectivity index (χ1) is 6.51. The fourth-order valence-corrected chi connectivity index (χ4v) is 2.55. The predicted molar refractivity (Wildman–Crippen MR) is 51.8 cm³/mol. The first-order valence-electron chi connectivity index (χ1n) is 4.64. The van der Waals surface area contributed by atoms with Crippen LogP contribution in [0.3, 0.4) is 0 Å². The number of ether oxygens (including phenoxy) is 1. The molecule has 14 heavy (non-hydrogen) atoms. The summed E-state index contributed by atoms with van der Waals surface area (Å²) in [6.45, 7) is 4.20. The molecule has 0 aromatic rings. The van der Waals surface area contributed by atoms with Crippen molar-refractivity contribution in [2.24, 2.45) is 0 Å². The largest absolute Gasteiger partial charge is 0.450 e. The fourth-order valence-electron chi connectivity index (χ4n) is 1.26. The first-order valence-corrected chi connectivity index (χ1v) is 6.36. The molecule has 0 N–H and O–H groups in total. The number of amides is 1. The van der Waals surface area contributed by atoms with Crippen molar-refractivity contribution in [2.45, 2.75) is 19.1 Å². The van der Waals surface area contributed by atoms with Crippen LogP contribution < -0.4 is 0 Å². The van der Waals surface area contributed by atoms with Gasteiger partial charge in [0.1, 0.15) is 0 Å². The maximum absolute atomic E-state index is 11.3. The number of hydrogen-bond donors (Lipinski definition) is 0. The summed E-state index contributed by atoms with van der Waals surface area (Å²) in [5, 5.41) is -0.392. The Morgan fingerprint density at radius 1 is 1.43 bits per heavy atom. The van der Waals surface area contributed by atoms with Gasteiger partial charge in [0.2, 0.25) is 0 Å². The molecule has 5 nitrogen and oxygen atoms in total. The Morgan fingerprint density at radius 2 is 2.00 bits per heavy atom. The van der Waals surface area contributed by atoms with Gasteiger partial charge in [-0.3, -0.25) is 0 Å². The molecule has 1 heterocycles. The molecule has 0 atom stereocenters. The number of rotatable bonds is 3. The van der Waals surface area contributed by atoms with Crippen molar-refractivity contribution >= 4 is 15.9 Å². The van der Waals surface area contributed by atoms with Gasteiger partial charge < -0.3 is 9.64 Å². The first kappa shape index (κ1) is 11.3. The Morgan fingerprint density at radius 3 is 2.43 bits per heavy atom. The van der Waals surface area contributed by atoms with Gasteiger partial charge in [-0.1, -0.05) is 6.92 Å². The fraction of sp³-hybridized carbons (Fsp3) is 0.875. The van der Waals surface area contributed by atoms with Crippen molar-refractivity contribution in [3.05, 3.63) is 0 Å². The van der Waals surface area contributed by atoms with E-state index < -0.39 is 21.2 Å². The Kier molecular flexibility index (Phi) is 3.36. The highest BCUT2D eigenvalue weighted by Crippen LogP contribution is 2.17. The normalized spacial score (nSPS) is 17.7. The quantitative estimate of drug-likeness (QED) is 0.686. The second-order valence-electron chi connectivity index (χ2n) is 3.18. The number of carbonyl (C=O) groups is 1. The van der Waals surface area contributed by atoms with Gasteiger partial charge >= 0.3 is 6.09 Å². The SMILES string of the molecule is CCOC(=O)N1CC(S(=O)(=O)CC)C1. The molecule has 0 saturated carbocycles. The summed E-state index contributed by atoms with van der Waals surface area (Å²) in [7, 11) is -2.99. The summed E-state index contributed by atoms with van der Waals surface area (Å²) >= 11 is 0. The maximum atomic E-state index is 11.3. The Labute approximate surface area is 83.9 Å². The number of sulfone groups is 1. The van der Waals surface area contributed by atoms with Gasteiger partial charge in [0.05, 0.1) is 11.9 Å². The molecular formula is C8H15NO4S. The highest BCUT2D eigenvalue weighted by atomic mass is 32.2. The van der Waals surface area contributed by atoms with Gasteiger partial charge in [-0.15, -0.1) is 0 Å². The summed E-state index contributed by atoms with van der Waals surface area (Å²) in [4.78, 5) is 12.5. The van der Waals surface area contributed by atoms with Crippen LogP contribution in [-0.2, 0) is 14.6 Å². The van der Waals surface area contributed by atoms with Crippen molar-refractivity contribution in [3.8, 4) is 0 Å². The molecule has 1 aliphatic rings. The molecule has 0 radical (unpaired) electrons. The topological polar surface area (TPSA) is 63.7 Å². The Bertz CT molecular complexity index is 305. The molecule has 0 aromatic heterocycles. The van der Waals surface area contributed by atoms with E-state index in [2.05, 4.69) is 0 Å². The van der Waals surface area contributed by atoms with Crippen LogP contribution in [0.5, 0.6) is 0 Å². The zero-order valence-electron chi connectivity index (χ0n) is 8.39. The van der Waals surface area contributed by atoms with Gasteiger partial charge in [-0.25, -0.2) is 13.2 Å². The lowest BCUT2D eigenvalue weighted by Gasteiger charge is -2.37. The minimum absolute atomic E-state index is 0.133. The van der Waals surface area contributed by atoms with E-state index in [1.807, 2.05) is 0 Å². The van der Waals surface area contributed by atoms with Crippen LogP contribution >= 0.6 is 0 Å². The van der Waals surface area contributed by atoms with Crippen LogP contribution in [0.25, 0.3) is 0 Å². The third-order valence-corrected chi connectivity index (χ3v) is 4.40. The highest BCUT2D eigenvalue weighted by molar-refractivity contribution is 7.92. The van der Waals surface area contributed by atoms with E-state index in [0.717, 1.165) is 0 Å². The molecule has 1 amide bonds. The second kappa shape index (κ2) is 4.16. The lowest BCUT2D eigenvalue weighted by atomic mass is 10.2. The molecule has 6 heteroatoms. The molecular weight excluding hydrogens is 206 g/mol. The molecule has 1 fully saturated rings. The van der Waals surface area contributed by atoms with Crippen LogP contribution in [0.4, 0.5) is 4.79 Å². The second-order valence-corrected chi connectivity index (χ2v) is 5.75. The van der Waals surface area contributed by atoms with Gasteiger partial charge in [0, 0.05) is 18.8 Å². The molecule has 1 saturated heterocycles. The average Bonchev–Trinajstić information content (AvgIpc) is 2.01. The smallest absolute Gasteiger partial charge is 0.409 e. The molecule has 0 unspecified atom stereocenters. The van der Waals surface area contributed by atoms with Crippen LogP contribution in [0, 0.1) is 0 Å². The van der Waals surface area contributed by atoms with Gasteiger partial charge in [-0.2, -0.15) is 0 Å². The van der Waals surface area contributed by atoms with Crippen LogP contribution in [0.1, 0.15) is 13.8 Å². The number of carbonyl (C=O) groups excluding carboxylic acids is 1. The Balaban J connectivity index is 2.41. The monoisotopic (exact) mass is 221 g/mol. The van der Waals surface area contributed by atoms with E-state index in [1.54, 1.807) is 13.8 Å². The van der Waals surface area contributed by atoms with Crippen LogP contribution in [-0.4, -0.2) is 50.1 Å². The molecule has 0 aromatic carbocycles.